The third kappa shape index (κ3) is 4.19. The molecular formula is C28H20ClN3O. The molecule has 0 bridgehead atoms. The number of benzene rings is 4. The largest absolute Gasteiger partial charge is 0.488 e. The molecule has 1 N–H and O–H groups in total. The topological polar surface area (TPSA) is 61.7 Å². The molecule has 0 aliphatic heterocycles. The van der Waals surface area contributed by atoms with Gasteiger partial charge >= 0.3 is 0 Å². The molecular weight excluding hydrogens is 430 g/mol. The molecule has 33 heavy (non-hydrogen) atoms. The van der Waals surface area contributed by atoms with Crippen LogP contribution in [-0.4, -0.2) is 9.97 Å². The molecule has 0 fully saturated rings. The van der Waals surface area contributed by atoms with Gasteiger partial charge < -0.3 is 9.72 Å². The van der Waals surface area contributed by atoms with Gasteiger partial charge in [0.05, 0.1) is 16.6 Å². The average Bonchev–Trinajstić information content (AvgIpc) is 3.25. The van der Waals surface area contributed by atoms with E-state index in [0.29, 0.717) is 28.8 Å². The number of aromatic amines is 1. The Morgan fingerprint density at radius 2 is 1.88 bits per heavy atom. The number of imidazole rings is 1. The molecule has 0 saturated carbocycles. The molecule has 0 aliphatic rings. The van der Waals surface area contributed by atoms with Crippen LogP contribution in [0.1, 0.15) is 22.5 Å². The summed E-state index contributed by atoms with van der Waals surface area (Å²) in [6.07, 6.45) is 1.84. The van der Waals surface area contributed by atoms with Crippen molar-refractivity contribution >= 4 is 45.1 Å². The maximum absolute atomic E-state index is 9.99. The van der Waals surface area contributed by atoms with Gasteiger partial charge in [-0.2, -0.15) is 5.26 Å². The maximum Gasteiger partial charge on any atom is 0.149 e. The highest BCUT2D eigenvalue weighted by Gasteiger charge is 2.13. The lowest BCUT2D eigenvalue weighted by molar-refractivity contribution is 0.306. The van der Waals surface area contributed by atoms with Gasteiger partial charge in [0, 0.05) is 16.1 Å². The van der Waals surface area contributed by atoms with Gasteiger partial charge in [0.2, 0.25) is 0 Å². The summed E-state index contributed by atoms with van der Waals surface area (Å²) in [7, 11) is 0. The number of H-pyrrole nitrogens is 1. The predicted octanol–water partition coefficient (Wildman–Crippen LogP) is 7.32. The number of halogens is 1. The van der Waals surface area contributed by atoms with E-state index >= 15 is 0 Å². The second-order valence-corrected chi connectivity index (χ2v) is 8.26. The van der Waals surface area contributed by atoms with E-state index in [2.05, 4.69) is 16.0 Å². The van der Waals surface area contributed by atoms with Crippen molar-refractivity contribution in [3.8, 4) is 11.8 Å². The van der Waals surface area contributed by atoms with Crippen molar-refractivity contribution in [2.75, 3.05) is 0 Å². The second-order valence-electron chi connectivity index (χ2n) is 7.85. The first kappa shape index (κ1) is 20.8. The molecule has 0 atom stereocenters. The molecule has 0 aliphatic carbocycles. The Kier molecular flexibility index (Phi) is 5.56. The smallest absolute Gasteiger partial charge is 0.149 e. The molecule has 0 saturated heterocycles. The van der Waals surface area contributed by atoms with E-state index < -0.39 is 0 Å². The summed E-state index contributed by atoms with van der Waals surface area (Å²) in [6, 6.07) is 27.9. The molecule has 0 spiro atoms. The minimum atomic E-state index is 0.324. The Balaban J connectivity index is 1.61. The normalized spacial score (nSPS) is 11.6. The highest BCUT2D eigenvalue weighted by Crippen LogP contribution is 2.33. The van der Waals surface area contributed by atoms with Crippen LogP contribution in [0.25, 0.3) is 33.5 Å². The van der Waals surface area contributed by atoms with Crippen molar-refractivity contribution in [2.45, 2.75) is 13.5 Å². The third-order valence-corrected chi connectivity index (χ3v) is 5.94. The number of ether oxygens (including phenoxy) is 1. The number of hydrogen-bond donors (Lipinski definition) is 1. The fourth-order valence-corrected chi connectivity index (χ4v) is 4.06. The molecule has 1 heterocycles. The van der Waals surface area contributed by atoms with Gasteiger partial charge in [-0.15, -0.1) is 0 Å². The molecule has 5 rings (SSSR count). The molecule has 4 aromatic carbocycles. The van der Waals surface area contributed by atoms with Crippen molar-refractivity contribution in [1.29, 1.82) is 5.26 Å². The number of nitriles is 1. The first-order valence-corrected chi connectivity index (χ1v) is 11.0. The van der Waals surface area contributed by atoms with Crippen molar-refractivity contribution in [1.82, 2.24) is 9.97 Å². The number of hydrogen-bond acceptors (Lipinski definition) is 3. The van der Waals surface area contributed by atoms with Gasteiger partial charge in [0.1, 0.15) is 24.3 Å². The van der Waals surface area contributed by atoms with E-state index in [9.17, 15) is 5.26 Å². The number of aryl methyl sites for hydroxylation is 1. The fourth-order valence-electron chi connectivity index (χ4n) is 3.87. The van der Waals surface area contributed by atoms with Crippen LogP contribution in [0.2, 0.25) is 5.02 Å². The Morgan fingerprint density at radius 1 is 1.06 bits per heavy atom. The minimum absolute atomic E-state index is 0.324. The van der Waals surface area contributed by atoms with Crippen LogP contribution in [0.5, 0.6) is 5.75 Å². The van der Waals surface area contributed by atoms with Crippen molar-refractivity contribution < 1.29 is 4.74 Å². The highest BCUT2D eigenvalue weighted by atomic mass is 35.5. The quantitative estimate of drug-likeness (QED) is 0.286. The summed E-state index contributed by atoms with van der Waals surface area (Å²) < 4.78 is 6.20. The highest BCUT2D eigenvalue weighted by molar-refractivity contribution is 6.31. The monoisotopic (exact) mass is 449 g/mol. The fraction of sp³-hybridized carbons (Fsp3) is 0.0714. The Morgan fingerprint density at radius 3 is 2.73 bits per heavy atom. The van der Waals surface area contributed by atoms with Gasteiger partial charge in [0.15, 0.2) is 0 Å². The first-order valence-electron chi connectivity index (χ1n) is 10.6. The number of rotatable bonds is 5. The average molecular weight is 450 g/mol. The molecule has 4 nitrogen and oxygen atoms in total. The first-order chi connectivity index (χ1) is 16.1. The number of nitrogens with zero attached hydrogens (tertiary/aromatic N) is 2. The van der Waals surface area contributed by atoms with Crippen LogP contribution < -0.4 is 4.74 Å². The van der Waals surface area contributed by atoms with Crippen molar-refractivity contribution in [2.24, 2.45) is 0 Å². The van der Waals surface area contributed by atoms with Gasteiger partial charge in [0.25, 0.3) is 0 Å². The third-order valence-electron chi connectivity index (χ3n) is 5.57. The number of aromatic nitrogens is 2. The lowest BCUT2D eigenvalue weighted by atomic mass is 10.0. The predicted molar refractivity (Wildman–Crippen MR) is 134 cm³/mol. The Hall–Kier alpha value is -4.07. The van der Waals surface area contributed by atoms with E-state index in [1.807, 2.05) is 91.9 Å². The molecule has 160 valence electrons. The van der Waals surface area contributed by atoms with E-state index in [4.69, 9.17) is 16.3 Å². The lowest BCUT2D eigenvalue weighted by Gasteiger charge is -2.13. The van der Waals surface area contributed by atoms with E-state index in [-0.39, 0.29) is 0 Å². The van der Waals surface area contributed by atoms with Crippen LogP contribution >= 0.6 is 11.6 Å². The van der Waals surface area contributed by atoms with Gasteiger partial charge in [-0.25, -0.2) is 4.98 Å². The zero-order valence-corrected chi connectivity index (χ0v) is 18.7. The number of fused-ring (bicyclic) bond motifs is 2. The molecule has 5 heteroatoms. The molecule has 0 radical (unpaired) electrons. The standard InChI is InChI=1S/C28H20ClN3O/c1-18-10-12-25-26(14-18)32-28(31-25)21(16-30)15-23-22-8-4-2-6-19(22)11-13-27(23)33-17-20-7-3-5-9-24(20)29/h2-15H,17H2,1H3,(H,31,32). The van der Waals surface area contributed by atoms with Gasteiger partial charge in [-0.05, 0) is 53.6 Å². The second kappa shape index (κ2) is 8.82. The van der Waals surface area contributed by atoms with Crippen LogP contribution in [0, 0.1) is 18.3 Å². The van der Waals surface area contributed by atoms with Gasteiger partial charge in [-0.1, -0.05) is 66.2 Å². The van der Waals surface area contributed by atoms with Crippen molar-refractivity contribution in [3.05, 3.63) is 106 Å². The summed E-state index contributed by atoms with van der Waals surface area (Å²) in [5.41, 5.74) is 5.01. The summed E-state index contributed by atoms with van der Waals surface area (Å²) in [6.45, 7) is 2.35. The maximum atomic E-state index is 9.99. The van der Waals surface area contributed by atoms with Crippen LogP contribution in [-0.2, 0) is 6.61 Å². The van der Waals surface area contributed by atoms with Crippen LogP contribution in [0.15, 0.2) is 78.9 Å². The number of allylic oxidation sites excluding steroid dienone is 1. The lowest BCUT2D eigenvalue weighted by Crippen LogP contribution is -1.98. The zero-order valence-electron chi connectivity index (χ0n) is 18.0. The van der Waals surface area contributed by atoms with Crippen LogP contribution in [0.4, 0.5) is 0 Å². The van der Waals surface area contributed by atoms with E-state index in [1.165, 1.54) is 0 Å². The molecule has 1 aromatic heterocycles. The summed E-state index contributed by atoms with van der Waals surface area (Å²) >= 11 is 6.31. The van der Waals surface area contributed by atoms with E-state index in [0.717, 1.165) is 38.5 Å². The van der Waals surface area contributed by atoms with Gasteiger partial charge in [-0.3, -0.25) is 0 Å². The van der Waals surface area contributed by atoms with E-state index in [1.54, 1.807) is 0 Å². The zero-order chi connectivity index (χ0) is 22.8. The Labute approximate surface area is 196 Å². The Bertz CT molecular complexity index is 1560. The minimum Gasteiger partial charge on any atom is -0.488 e. The molecule has 0 amide bonds. The number of nitrogens with one attached hydrogen (secondary N) is 1. The molecule has 0 unspecified atom stereocenters. The van der Waals surface area contributed by atoms with Crippen LogP contribution in [0.3, 0.4) is 0 Å². The van der Waals surface area contributed by atoms with Crippen molar-refractivity contribution in [3.63, 3.8) is 0 Å². The molecule has 5 aromatic rings. The summed E-state index contributed by atoms with van der Waals surface area (Å²) in [5.74, 6) is 1.21. The summed E-state index contributed by atoms with van der Waals surface area (Å²) in [5, 5.41) is 12.7. The summed E-state index contributed by atoms with van der Waals surface area (Å²) in [4.78, 5) is 7.91. The SMILES string of the molecule is Cc1ccc2nc(C(C#N)=Cc3c(OCc4ccccc4Cl)ccc4ccccc34)[nH]c2c1.